The van der Waals surface area contributed by atoms with E-state index >= 15 is 0 Å². The number of amidine groups is 1. The van der Waals surface area contributed by atoms with E-state index in [2.05, 4.69) is 18.7 Å². The Morgan fingerprint density at radius 3 is 2.65 bits per heavy atom. The van der Waals surface area contributed by atoms with Gasteiger partial charge in [-0.25, -0.2) is 0 Å². The van der Waals surface area contributed by atoms with E-state index in [1.807, 2.05) is 12.1 Å². The van der Waals surface area contributed by atoms with Crippen molar-refractivity contribution < 1.29 is 4.74 Å². The first-order valence-electron chi connectivity index (χ1n) is 6.78. The average molecular weight is 298 g/mol. The largest absolute Gasteiger partial charge is 0.384 e. The smallest absolute Gasteiger partial charge is 0.122 e. The van der Waals surface area contributed by atoms with Crippen molar-refractivity contribution in [3.63, 3.8) is 0 Å². The number of hydrogen-bond acceptors (Lipinski definition) is 3. The normalized spacial score (nSPS) is 11.3. The molecular weight excluding hydrogens is 274 g/mol. The van der Waals surface area contributed by atoms with E-state index in [0.29, 0.717) is 23.1 Å². The third-order valence-electron chi connectivity index (χ3n) is 2.99. The van der Waals surface area contributed by atoms with Crippen molar-refractivity contribution >= 4 is 17.4 Å². The SMILES string of the molecule is COCCN(Cc1ccc(C(=N)N)cc1Cl)CC(C)C. The predicted molar refractivity (Wildman–Crippen MR) is 84.5 cm³/mol. The van der Waals surface area contributed by atoms with Crippen molar-refractivity contribution in [3.05, 3.63) is 34.3 Å². The highest BCUT2D eigenvalue weighted by atomic mass is 35.5. The molecule has 0 aliphatic heterocycles. The van der Waals surface area contributed by atoms with Crippen LogP contribution in [-0.2, 0) is 11.3 Å². The molecule has 1 rings (SSSR count). The highest BCUT2D eigenvalue weighted by Crippen LogP contribution is 2.20. The molecule has 0 radical (unpaired) electrons. The van der Waals surface area contributed by atoms with E-state index in [9.17, 15) is 0 Å². The van der Waals surface area contributed by atoms with Crippen molar-refractivity contribution in [1.29, 1.82) is 5.41 Å². The number of rotatable bonds is 8. The second kappa shape index (κ2) is 8.25. The second-order valence-corrected chi connectivity index (χ2v) is 5.75. The monoisotopic (exact) mass is 297 g/mol. The molecule has 0 saturated heterocycles. The summed E-state index contributed by atoms with van der Waals surface area (Å²) in [6.07, 6.45) is 0. The summed E-state index contributed by atoms with van der Waals surface area (Å²) >= 11 is 6.28. The van der Waals surface area contributed by atoms with E-state index < -0.39 is 0 Å². The molecule has 0 aromatic heterocycles. The standard InChI is InChI=1S/C15H24ClN3O/c1-11(2)9-19(6-7-20-3)10-13-5-4-12(15(17)18)8-14(13)16/h4-5,8,11H,6-7,9-10H2,1-3H3,(H3,17,18). The van der Waals surface area contributed by atoms with Crippen LogP contribution in [-0.4, -0.2) is 37.5 Å². The average Bonchev–Trinajstić information content (AvgIpc) is 2.37. The Morgan fingerprint density at radius 2 is 2.15 bits per heavy atom. The first kappa shape index (κ1) is 17.0. The van der Waals surface area contributed by atoms with Gasteiger partial charge in [-0.2, -0.15) is 0 Å². The minimum absolute atomic E-state index is 0.0388. The molecule has 0 heterocycles. The summed E-state index contributed by atoms with van der Waals surface area (Å²) in [5.41, 5.74) is 7.17. The van der Waals surface area contributed by atoms with Gasteiger partial charge in [-0.1, -0.05) is 37.6 Å². The van der Waals surface area contributed by atoms with Gasteiger partial charge >= 0.3 is 0 Å². The third-order valence-corrected chi connectivity index (χ3v) is 3.34. The van der Waals surface area contributed by atoms with Gasteiger partial charge in [0.25, 0.3) is 0 Å². The van der Waals surface area contributed by atoms with Crippen LogP contribution in [0.15, 0.2) is 18.2 Å². The van der Waals surface area contributed by atoms with Crippen LogP contribution in [0.25, 0.3) is 0 Å². The van der Waals surface area contributed by atoms with Gasteiger partial charge < -0.3 is 10.5 Å². The van der Waals surface area contributed by atoms with Crippen LogP contribution in [0.2, 0.25) is 5.02 Å². The molecular formula is C15H24ClN3O. The van der Waals surface area contributed by atoms with Crippen molar-refractivity contribution in [2.75, 3.05) is 26.8 Å². The Bertz CT molecular complexity index is 449. The first-order valence-corrected chi connectivity index (χ1v) is 7.16. The zero-order chi connectivity index (χ0) is 15.1. The molecule has 0 aliphatic carbocycles. The summed E-state index contributed by atoms with van der Waals surface area (Å²) < 4.78 is 5.15. The van der Waals surface area contributed by atoms with Gasteiger partial charge in [-0.05, 0) is 17.5 Å². The molecule has 20 heavy (non-hydrogen) atoms. The number of nitrogen functional groups attached to an aromatic ring is 1. The summed E-state index contributed by atoms with van der Waals surface area (Å²) in [6, 6.07) is 5.54. The fourth-order valence-electron chi connectivity index (χ4n) is 2.06. The number of nitrogens with zero attached hydrogens (tertiary/aromatic N) is 1. The molecule has 0 unspecified atom stereocenters. The quantitative estimate of drug-likeness (QED) is 0.573. The lowest BCUT2D eigenvalue weighted by Gasteiger charge is -2.24. The Hall–Kier alpha value is -1.10. The molecule has 1 aromatic carbocycles. The summed E-state index contributed by atoms with van der Waals surface area (Å²) in [6.45, 7) is 7.74. The lowest BCUT2D eigenvalue weighted by atomic mass is 10.1. The van der Waals surface area contributed by atoms with E-state index in [4.69, 9.17) is 27.5 Å². The number of hydrogen-bond donors (Lipinski definition) is 2. The fraction of sp³-hybridized carbons (Fsp3) is 0.533. The molecule has 0 saturated carbocycles. The Morgan fingerprint density at radius 1 is 1.45 bits per heavy atom. The number of methoxy groups -OCH3 is 1. The fourth-order valence-corrected chi connectivity index (χ4v) is 2.30. The molecule has 5 heteroatoms. The van der Waals surface area contributed by atoms with Crippen LogP contribution < -0.4 is 5.73 Å². The van der Waals surface area contributed by atoms with Gasteiger partial charge in [-0.15, -0.1) is 0 Å². The third kappa shape index (κ3) is 5.49. The van der Waals surface area contributed by atoms with Crippen molar-refractivity contribution in [2.24, 2.45) is 11.7 Å². The van der Waals surface area contributed by atoms with Gasteiger partial charge in [0.2, 0.25) is 0 Å². The van der Waals surface area contributed by atoms with Crippen molar-refractivity contribution in [2.45, 2.75) is 20.4 Å². The lowest BCUT2D eigenvalue weighted by molar-refractivity contribution is 0.136. The number of ether oxygens (including phenoxy) is 1. The first-order chi connectivity index (χ1) is 9.43. The summed E-state index contributed by atoms with van der Waals surface area (Å²) in [7, 11) is 1.71. The number of halogens is 1. The van der Waals surface area contributed by atoms with Gasteiger partial charge in [0.05, 0.1) is 6.61 Å². The highest BCUT2D eigenvalue weighted by molar-refractivity contribution is 6.31. The van der Waals surface area contributed by atoms with Crippen LogP contribution in [0.4, 0.5) is 0 Å². The number of nitrogens with two attached hydrogens (primary N) is 1. The van der Waals surface area contributed by atoms with E-state index in [0.717, 1.165) is 25.2 Å². The maximum Gasteiger partial charge on any atom is 0.122 e. The molecule has 3 N–H and O–H groups in total. The van der Waals surface area contributed by atoms with Gasteiger partial charge in [0.15, 0.2) is 0 Å². The topological polar surface area (TPSA) is 62.3 Å². The summed E-state index contributed by atoms with van der Waals surface area (Å²) in [4.78, 5) is 2.32. The predicted octanol–water partition coefficient (Wildman–Crippen LogP) is 2.73. The zero-order valence-electron chi connectivity index (χ0n) is 12.4. The second-order valence-electron chi connectivity index (χ2n) is 5.34. The molecule has 4 nitrogen and oxygen atoms in total. The molecule has 0 fully saturated rings. The molecule has 0 atom stereocenters. The van der Waals surface area contributed by atoms with Crippen LogP contribution in [0.1, 0.15) is 25.0 Å². The molecule has 112 valence electrons. The number of benzene rings is 1. The van der Waals surface area contributed by atoms with E-state index in [1.165, 1.54) is 0 Å². The Kier molecular flexibility index (Phi) is 6.99. The molecule has 0 spiro atoms. The molecule has 0 bridgehead atoms. The maximum absolute atomic E-state index is 7.42. The Labute approximate surface area is 126 Å². The van der Waals surface area contributed by atoms with Gasteiger partial charge in [0.1, 0.15) is 5.84 Å². The zero-order valence-corrected chi connectivity index (χ0v) is 13.2. The molecule has 0 aliphatic rings. The summed E-state index contributed by atoms with van der Waals surface area (Å²) in [5.74, 6) is 0.624. The van der Waals surface area contributed by atoms with Crippen LogP contribution >= 0.6 is 11.6 Å². The van der Waals surface area contributed by atoms with Crippen molar-refractivity contribution in [1.82, 2.24) is 4.90 Å². The van der Waals surface area contributed by atoms with E-state index in [-0.39, 0.29) is 5.84 Å². The minimum Gasteiger partial charge on any atom is -0.384 e. The molecule has 1 aromatic rings. The number of nitrogens with one attached hydrogen (secondary N) is 1. The van der Waals surface area contributed by atoms with Crippen LogP contribution in [0, 0.1) is 11.3 Å². The molecule has 0 amide bonds. The van der Waals surface area contributed by atoms with Gasteiger partial charge in [-0.3, -0.25) is 10.3 Å². The summed E-state index contributed by atoms with van der Waals surface area (Å²) in [5, 5.41) is 8.08. The van der Waals surface area contributed by atoms with Crippen LogP contribution in [0.5, 0.6) is 0 Å². The van der Waals surface area contributed by atoms with Gasteiger partial charge in [0, 0.05) is 37.3 Å². The van der Waals surface area contributed by atoms with Crippen molar-refractivity contribution in [3.8, 4) is 0 Å². The highest BCUT2D eigenvalue weighted by Gasteiger charge is 2.11. The maximum atomic E-state index is 7.42. The Balaban J connectivity index is 2.79. The lowest BCUT2D eigenvalue weighted by Crippen LogP contribution is -2.30. The minimum atomic E-state index is 0.0388. The van der Waals surface area contributed by atoms with E-state index in [1.54, 1.807) is 13.2 Å². The van der Waals surface area contributed by atoms with Crippen LogP contribution in [0.3, 0.4) is 0 Å².